The molecule has 1 saturated carbocycles. The molecule has 4 aliphatic rings. The first-order chi connectivity index (χ1) is 25.1. The van der Waals surface area contributed by atoms with Crippen LogP contribution in [0.25, 0.3) is 0 Å². The van der Waals surface area contributed by atoms with Crippen LogP contribution < -0.4 is 0 Å². The minimum atomic E-state index is -2.41. The molecule has 4 rings (SSSR count). The van der Waals surface area contributed by atoms with Gasteiger partial charge in [-0.2, -0.15) is 0 Å². The summed E-state index contributed by atoms with van der Waals surface area (Å²) in [5, 5.41) is 33.8. The third-order valence-corrected chi connectivity index (χ3v) is 12.0. The van der Waals surface area contributed by atoms with Crippen molar-refractivity contribution in [3.8, 4) is 0 Å². The van der Waals surface area contributed by atoms with Gasteiger partial charge in [0.1, 0.15) is 17.9 Å². The normalized spacial score (nSPS) is 40.1. The van der Waals surface area contributed by atoms with Gasteiger partial charge in [0.05, 0.1) is 30.5 Å². The number of piperidine rings is 1. The summed E-state index contributed by atoms with van der Waals surface area (Å²) in [5.41, 5.74) is 1.62. The van der Waals surface area contributed by atoms with Crippen LogP contribution in [0.15, 0.2) is 36.0 Å². The number of nitrogens with zero attached hydrogens (tertiary/aromatic N) is 1. The third kappa shape index (κ3) is 10.3. The van der Waals surface area contributed by atoms with Gasteiger partial charge in [-0.1, -0.05) is 37.6 Å². The van der Waals surface area contributed by atoms with Crippen LogP contribution in [0.2, 0.25) is 0 Å². The monoisotopic (exact) mass is 745 g/mol. The maximum absolute atomic E-state index is 14.2. The van der Waals surface area contributed by atoms with Gasteiger partial charge in [0.15, 0.2) is 0 Å². The summed E-state index contributed by atoms with van der Waals surface area (Å²) in [7, 11) is 3.11. The van der Waals surface area contributed by atoms with Gasteiger partial charge in [-0.15, -0.1) is 6.58 Å². The highest BCUT2D eigenvalue weighted by Gasteiger charge is 2.55. The van der Waals surface area contributed by atoms with Crippen LogP contribution in [0, 0.1) is 23.7 Å². The number of carbonyl (C=O) groups excluding carboxylic acids is 4. The number of methoxy groups -OCH3 is 2. The van der Waals surface area contributed by atoms with Crippen LogP contribution in [-0.4, -0.2) is 113 Å². The molecule has 3 heterocycles. The Bertz CT molecular complexity index is 1380. The first-order valence-corrected chi connectivity index (χ1v) is 19.5. The summed E-state index contributed by atoms with van der Waals surface area (Å²) in [4.78, 5) is 57.1. The zero-order valence-electron chi connectivity index (χ0n) is 32.5. The van der Waals surface area contributed by atoms with E-state index in [0.29, 0.717) is 63.4 Å². The Kier molecular flexibility index (Phi) is 15.6. The highest BCUT2D eigenvalue weighted by molar-refractivity contribution is 6.39. The van der Waals surface area contributed by atoms with Crippen molar-refractivity contribution >= 4 is 23.4 Å². The molecule has 2 saturated heterocycles. The maximum atomic E-state index is 14.2. The van der Waals surface area contributed by atoms with Gasteiger partial charge in [0.2, 0.25) is 5.79 Å². The van der Waals surface area contributed by atoms with Gasteiger partial charge in [-0.05, 0) is 96.0 Å². The van der Waals surface area contributed by atoms with Crippen molar-refractivity contribution in [1.82, 2.24) is 4.90 Å². The summed E-state index contributed by atoms with van der Waals surface area (Å²) in [5.74, 6) is -7.43. The number of Topliss-reactive ketones (excluding diaryl/α,β-unsaturated/α-hetero) is 2. The van der Waals surface area contributed by atoms with E-state index in [-0.39, 0.29) is 43.6 Å². The van der Waals surface area contributed by atoms with E-state index in [1.54, 1.807) is 34.1 Å². The zero-order chi connectivity index (χ0) is 39.0. The Morgan fingerprint density at radius 3 is 2.40 bits per heavy atom. The molecule has 12 heteroatoms. The molecule has 53 heavy (non-hydrogen) atoms. The van der Waals surface area contributed by atoms with Crippen molar-refractivity contribution in [2.24, 2.45) is 23.7 Å². The number of allylic oxidation sites excluding steroid dienone is 4. The molecule has 12 nitrogen and oxygen atoms in total. The number of esters is 1. The molecule has 1 aliphatic carbocycles. The second kappa shape index (κ2) is 19.2. The number of ketones is 2. The van der Waals surface area contributed by atoms with E-state index in [0.717, 1.165) is 5.57 Å². The molecular formula is C41H63NO11. The first kappa shape index (κ1) is 43.0. The number of fused-ring (bicyclic) bond motifs is 3. The molecule has 0 unspecified atom stereocenters. The van der Waals surface area contributed by atoms with Crippen molar-refractivity contribution in [3.63, 3.8) is 0 Å². The fraction of sp³-hybridized carbons (Fsp3) is 0.756. The fourth-order valence-electron chi connectivity index (χ4n) is 8.62. The Morgan fingerprint density at radius 1 is 1.00 bits per heavy atom. The number of hydrogen-bond donors (Lipinski definition) is 3. The van der Waals surface area contributed by atoms with Crippen LogP contribution in [0.4, 0.5) is 0 Å². The van der Waals surface area contributed by atoms with E-state index in [2.05, 4.69) is 6.58 Å². The van der Waals surface area contributed by atoms with Crippen LogP contribution in [0.5, 0.6) is 0 Å². The van der Waals surface area contributed by atoms with E-state index in [1.807, 2.05) is 26.0 Å². The van der Waals surface area contributed by atoms with E-state index in [1.165, 1.54) is 4.90 Å². The van der Waals surface area contributed by atoms with Gasteiger partial charge in [-0.3, -0.25) is 14.4 Å². The Hall–Kier alpha value is -2.74. The SMILES string of the molecule is C=CC[C@@H]1/C=C(\C)CCC[C@H]2O[C@@](O)(C(=O)C(=O)N3CCCC[C@H]3C(=O)O[C@H](/C(C)=C/[C@H]3CC[C@@H](O)[C@H](OC)C3)[C@H](C)[C@@H](O)CC1=O)[C@H](C)C[C@@H]2OC. The molecule has 3 aliphatic heterocycles. The van der Waals surface area contributed by atoms with Crippen molar-refractivity contribution in [2.45, 2.75) is 153 Å². The smallest absolute Gasteiger partial charge is 0.329 e. The predicted molar refractivity (Wildman–Crippen MR) is 197 cm³/mol. The number of rotatable bonds is 6. The molecule has 1 amide bonds. The average Bonchev–Trinajstić information content (AvgIpc) is 3.14. The molecule has 0 aromatic rings. The predicted octanol–water partition coefficient (Wildman–Crippen LogP) is 4.38. The number of ether oxygens (including phenoxy) is 4. The number of aliphatic hydroxyl groups is 3. The summed E-state index contributed by atoms with van der Waals surface area (Å²) < 4.78 is 23.5. The highest BCUT2D eigenvalue weighted by Crippen LogP contribution is 2.38. The van der Waals surface area contributed by atoms with Gasteiger partial charge in [0, 0.05) is 44.9 Å². The fourth-order valence-corrected chi connectivity index (χ4v) is 8.62. The van der Waals surface area contributed by atoms with Crippen molar-refractivity contribution < 1.29 is 53.4 Å². The number of amides is 1. The molecule has 2 bridgehead atoms. The van der Waals surface area contributed by atoms with E-state index in [4.69, 9.17) is 18.9 Å². The van der Waals surface area contributed by atoms with E-state index in [9.17, 15) is 34.5 Å². The van der Waals surface area contributed by atoms with Gasteiger partial charge in [-0.25, -0.2) is 4.79 Å². The molecule has 0 spiro atoms. The highest BCUT2D eigenvalue weighted by atomic mass is 16.7. The molecule has 0 aromatic carbocycles. The molecular weight excluding hydrogens is 682 g/mol. The Balaban J connectivity index is 1.73. The van der Waals surface area contributed by atoms with E-state index >= 15 is 0 Å². The standard InChI is InChI=1S/C41H63NO11/c1-8-12-29-19-24(2)13-11-15-34-36(51-7)21-26(4)41(49,53-34)38(46)39(47)42-18-10-9-14-30(42)40(48)52-37(27(5)32(44)23-33(29)45)25(3)20-28-16-17-31(43)35(22-28)50-6/h8,19-20,26-32,34-37,43-44,49H,1,9-18,21-23H2,2-7H3/b24-19+,25-20+/t26-,27-,28-,29-,30+,31-,32+,34-,35-,36+,37-,41-/m1/s1. The Morgan fingerprint density at radius 2 is 1.72 bits per heavy atom. The minimum absolute atomic E-state index is 0.00399. The molecule has 12 atom stereocenters. The molecule has 3 fully saturated rings. The zero-order valence-corrected chi connectivity index (χ0v) is 32.5. The third-order valence-electron chi connectivity index (χ3n) is 12.0. The van der Waals surface area contributed by atoms with Gasteiger partial charge >= 0.3 is 5.97 Å². The number of carbonyl (C=O) groups is 4. The summed E-state index contributed by atoms with van der Waals surface area (Å²) in [6.45, 7) is 11.1. The van der Waals surface area contributed by atoms with E-state index < -0.39 is 77.8 Å². The Labute approximate surface area is 314 Å². The largest absolute Gasteiger partial charge is 0.456 e. The lowest BCUT2D eigenvalue weighted by atomic mass is 9.81. The summed E-state index contributed by atoms with van der Waals surface area (Å²) in [6.07, 6.45) is 6.75. The topological polar surface area (TPSA) is 169 Å². The second-order valence-corrected chi connectivity index (χ2v) is 15.9. The van der Waals surface area contributed by atoms with Crippen molar-refractivity contribution in [3.05, 3.63) is 36.0 Å². The summed E-state index contributed by atoms with van der Waals surface area (Å²) >= 11 is 0. The molecule has 0 radical (unpaired) electrons. The number of cyclic esters (lactones) is 1. The maximum Gasteiger partial charge on any atom is 0.329 e. The van der Waals surface area contributed by atoms with Gasteiger partial charge in [0.25, 0.3) is 11.7 Å². The molecule has 298 valence electrons. The second-order valence-electron chi connectivity index (χ2n) is 15.9. The molecule has 0 aromatic heterocycles. The number of hydrogen-bond acceptors (Lipinski definition) is 11. The lowest BCUT2D eigenvalue weighted by molar-refractivity contribution is -0.286. The van der Waals surface area contributed by atoms with Crippen LogP contribution in [0.3, 0.4) is 0 Å². The minimum Gasteiger partial charge on any atom is -0.456 e. The van der Waals surface area contributed by atoms with Crippen LogP contribution >= 0.6 is 0 Å². The van der Waals surface area contributed by atoms with Crippen LogP contribution in [0.1, 0.15) is 105 Å². The first-order valence-electron chi connectivity index (χ1n) is 19.5. The summed E-state index contributed by atoms with van der Waals surface area (Å²) in [6, 6.07) is -1.11. The lowest BCUT2D eigenvalue weighted by Crippen LogP contribution is -2.62. The number of aliphatic hydroxyl groups excluding tert-OH is 2. The molecule has 3 N–H and O–H groups in total. The van der Waals surface area contributed by atoms with Crippen molar-refractivity contribution in [1.29, 1.82) is 0 Å². The quantitative estimate of drug-likeness (QED) is 0.201. The van der Waals surface area contributed by atoms with Crippen molar-refractivity contribution in [2.75, 3.05) is 20.8 Å². The lowest BCUT2D eigenvalue weighted by Gasteiger charge is -2.45. The average molecular weight is 746 g/mol. The van der Waals surface area contributed by atoms with Gasteiger partial charge < -0.3 is 39.2 Å². The van der Waals surface area contributed by atoms with Crippen LogP contribution in [-0.2, 0) is 38.1 Å².